The van der Waals surface area contributed by atoms with Crippen molar-refractivity contribution in [1.29, 1.82) is 0 Å². The highest BCUT2D eigenvalue weighted by atomic mass is 31.2. The quantitative estimate of drug-likeness (QED) is 0.0244. The van der Waals surface area contributed by atoms with Crippen LogP contribution in [0.3, 0.4) is 0 Å². The van der Waals surface area contributed by atoms with Gasteiger partial charge < -0.3 is 19.8 Å². The molecule has 3 N–H and O–H groups in total. The summed E-state index contributed by atoms with van der Waals surface area (Å²) >= 11 is 0. The van der Waals surface area contributed by atoms with Crippen molar-refractivity contribution in [2.75, 3.05) is 40.9 Å². The summed E-state index contributed by atoms with van der Waals surface area (Å²) in [5.41, 5.74) is 0. The van der Waals surface area contributed by atoms with E-state index < -0.39 is 20.0 Å². The lowest BCUT2D eigenvalue weighted by Gasteiger charge is -2.25. The Labute approximate surface area is 365 Å². The predicted molar refractivity (Wildman–Crippen MR) is 254 cm³/mol. The highest BCUT2D eigenvalue weighted by molar-refractivity contribution is 7.47. The largest absolute Gasteiger partial charge is 0.472 e. The molecule has 8 nitrogen and oxygen atoms in total. The molecular formula is C50H96N2O6P+. The number of nitrogens with one attached hydrogen (secondary N) is 1. The Morgan fingerprint density at radius 2 is 0.983 bits per heavy atom. The number of aliphatic hydroxyl groups excluding tert-OH is 1. The zero-order valence-corrected chi connectivity index (χ0v) is 40.1. The van der Waals surface area contributed by atoms with E-state index in [1.807, 2.05) is 27.2 Å². The summed E-state index contributed by atoms with van der Waals surface area (Å²) in [5, 5.41) is 13.8. The van der Waals surface area contributed by atoms with Gasteiger partial charge in [0.15, 0.2) is 0 Å². The number of likely N-dealkylation sites (N-methyl/N-ethyl adjacent to an activating group) is 1. The van der Waals surface area contributed by atoms with Gasteiger partial charge in [-0.25, -0.2) is 4.57 Å². The average molecular weight is 852 g/mol. The lowest BCUT2D eigenvalue weighted by atomic mass is 10.0. The van der Waals surface area contributed by atoms with Crippen LogP contribution in [0.2, 0.25) is 0 Å². The van der Waals surface area contributed by atoms with Gasteiger partial charge in [0.25, 0.3) is 0 Å². The topological polar surface area (TPSA) is 105 Å². The molecule has 346 valence electrons. The van der Waals surface area contributed by atoms with Gasteiger partial charge in [-0.3, -0.25) is 13.8 Å². The number of hydrogen-bond donors (Lipinski definition) is 3. The Hall–Kier alpha value is -1.54. The summed E-state index contributed by atoms with van der Waals surface area (Å²) in [6.07, 6.45) is 53.6. The van der Waals surface area contributed by atoms with Crippen LogP contribution in [-0.4, -0.2) is 73.4 Å². The lowest BCUT2D eigenvalue weighted by molar-refractivity contribution is -0.870. The Morgan fingerprint density at radius 1 is 0.576 bits per heavy atom. The SMILES string of the molecule is CC/C=C/CC/C=C/CC/C=C/C(O)C(COP(=O)(O)OCC[N+](C)(C)C)NC(=O)CCCCCCCCCCCCCCCCC/C=C\CCCCCCCCCC. The minimum absolute atomic E-state index is 0.0529. The zero-order chi connectivity index (χ0) is 43.6. The number of carbonyl (C=O) groups excluding carboxylic acids is 1. The van der Waals surface area contributed by atoms with E-state index in [4.69, 9.17) is 9.05 Å². The van der Waals surface area contributed by atoms with Crippen LogP contribution in [0.1, 0.15) is 213 Å². The number of phosphoric ester groups is 1. The number of unbranched alkanes of at least 4 members (excludes halogenated alkanes) is 25. The first-order valence-electron chi connectivity index (χ1n) is 24.5. The van der Waals surface area contributed by atoms with Crippen molar-refractivity contribution in [3.8, 4) is 0 Å². The van der Waals surface area contributed by atoms with Gasteiger partial charge in [0.05, 0.1) is 39.9 Å². The number of quaternary nitrogens is 1. The number of carbonyl (C=O) groups is 1. The van der Waals surface area contributed by atoms with Crippen LogP contribution in [0, 0.1) is 0 Å². The molecule has 9 heteroatoms. The van der Waals surface area contributed by atoms with Crippen molar-refractivity contribution in [1.82, 2.24) is 5.32 Å². The molecule has 0 saturated carbocycles. The molecule has 0 heterocycles. The van der Waals surface area contributed by atoms with Gasteiger partial charge in [-0.1, -0.05) is 191 Å². The van der Waals surface area contributed by atoms with E-state index in [9.17, 15) is 19.4 Å². The summed E-state index contributed by atoms with van der Waals surface area (Å²) in [7, 11) is 1.54. The number of nitrogens with zero attached hydrogens (tertiary/aromatic N) is 1. The Bertz CT molecular complexity index is 1100. The van der Waals surface area contributed by atoms with Gasteiger partial charge >= 0.3 is 7.82 Å². The molecule has 0 aromatic carbocycles. The number of hydrogen-bond acceptors (Lipinski definition) is 5. The van der Waals surface area contributed by atoms with Crippen molar-refractivity contribution < 1.29 is 32.9 Å². The first-order chi connectivity index (χ1) is 28.5. The van der Waals surface area contributed by atoms with E-state index in [1.165, 1.54) is 141 Å². The highest BCUT2D eigenvalue weighted by Crippen LogP contribution is 2.43. The molecule has 0 bridgehead atoms. The molecule has 0 radical (unpaired) electrons. The summed E-state index contributed by atoms with van der Waals surface area (Å²) < 4.78 is 23.5. The van der Waals surface area contributed by atoms with E-state index in [-0.39, 0.29) is 19.1 Å². The van der Waals surface area contributed by atoms with Crippen LogP contribution >= 0.6 is 7.82 Å². The molecule has 0 rings (SSSR count). The van der Waals surface area contributed by atoms with Crippen LogP contribution in [0.15, 0.2) is 48.6 Å². The van der Waals surface area contributed by atoms with Crippen LogP contribution in [0.4, 0.5) is 0 Å². The molecule has 59 heavy (non-hydrogen) atoms. The summed E-state index contributed by atoms with van der Waals surface area (Å²) in [6, 6.07) is -0.867. The summed E-state index contributed by atoms with van der Waals surface area (Å²) in [6.45, 7) is 4.66. The number of phosphoric acid groups is 1. The number of amides is 1. The Kier molecular flexibility index (Phi) is 40.7. The maximum absolute atomic E-state index is 12.9. The van der Waals surface area contributed by atoms with Crippen molar-refractivity contribution in [3.63, 3.8) is 0 Å². The van der Waals surface area contributed by atoms with E-state index in [0.29, 0.717) is 17.4 Å². The minimum atomic E-state index is -4.35. The van der Waals surface area contributed by atoms with Crippen molar-refractivity contribution in [2.24, 2.45) is 0 Å². The number of rotatable bonds is 44. The van der Waals surface area contributed by atoms with Crippen LogP contribution in [0.25, 0.3) is 0 Å². The van der Waals surface area contributed by atoms with Crippen LogP contribution in [0.5, 0.6) is 0 Å². The molecule has 3 atom stereocenters. The molecule has 1 amide bonds. The van der Waals surface area contributed by atoms with Gasteiger partial charge in [-0.15, -0.1) is 0 Å². The van der Waals surface area contributed by atoms with Crippen molar-refractivity contribution >= 4 is 13.7 Å². The molecular weight excluding hydrogens is 756 g/mol. The molecule has 0 aromatic rings. The second-order valence-electron chi connectivity index (χ2n) is 17.8. The van der Waals surface area contributed by atoms with Gasteiger partial charge in [-0.2, -0.15) is 0 Å². The molecule has 0 aliphatic carbocycles. The fourth-order valence-electron chi connectivity index (χ4n) is 6.90. The summed E-state index contributed by atoms with van der Waals surface area (Å²) in [4.78, 5) is 23.1. The number of aliphatic hydroxyl groups is 1. The van der Waals surface area contributed by atoms with Crippen LogP contribution < -0.4 is 5.32 Å². The normalized spacial score (nSPS) is 14.6. The molecule has 0 aliphatic rings. The van der Waals surface area contributed by atoms with Crippen LogP contribution in [-0.2, 0) is 18.4 Å². The van der Waals surface area contributed by atoms with Gasteiger partial charge in [-0.05, 0) is 64.2 Å². The minimum Gasteiger partial charge on any atom is -0.387 e. The van der Waals surface area contributed by atoms with Gasteiger partial charge in [0, 0.05) is 6.42 Å². The molecule has 0 fully saturated rings. The third kappa shape index (κ3) is 44.3. The van der Waals surface area contributed by atoms with E-state index in [1.54, 1.807) is 6.08 Å². The average Bonchev–Trinajstić information content (AvgIpc) is 3.19. The Balaban J connectivity index is 4.11. The molecule has 0 aromatic heterocycles. The number of allylic oxidation sites excluding steroid dienone is 7. The maximum atomic E-state index is 12.9. The third-order valence-electron chi connectivity index (χ3n) is 10.8. The van der Waals surface area contributed by atoms with Gasteiger partial charge in [0.2, 0.25) is 5.91 Å². The van der Waals surface area contributed by atoms with E-state index in [2.05, 4.69) is 55.6 Å². The second kappa shape index (κ2) is 41.8. The predicted octanol–water partition coefficient (Wildman–Crippen LogP) is 14.0. The highest BCUT2D eigenvalue weighted by Gasteiger charge is 2.27. The monoisotopic (exact) mass is 852 g/mol. The smallest absolute Gasteiger partial charge is 0.387 e. The molecule has 0 spiro atoms. The Morgan fingerprint density at radius 3 is 1.44 bits per heavy atom. The van der Waals surface area contributed by atoms with Crippen molar-refractivity contribution in [2.45, 2.75) is 225 Å². The molecule has 3 unspecified atom stereocenters. The lowest BCUT2D eigenvalue weighted by Crippen LogP contribution is -2.45. The fourth-order valence-corrected chi connectivity index (χ4v) is 7.63. The standard InChI is InChI=1S/C50H95N2O6P/c1-6-8-10-12-14-16-18-19-20-21-22-23-24-25-26-27-28-29-30-31-32-33-34-36-38-40-42-44-50(54)51-48(47-58-59(55,56)57-46-45-52(3,4)5)49(53)43-41-39-37-35-17-15-13-11-9-7-2/h9,11,17,21-22,35,41,43,48-49,53H,6-8,10,12-16,18-20,23-34,36-40,42,44-47H2,1-5H3,(H-,51,54,55,56)/p+1/b11-9+,22-21-,35-17+,43-41+. The first-order valence-corrected chi connectivity index (χ1v) is 26.0. The zero-order valence-electron chi connectivity index (χ0n) is 39.2. The molecule has 0 saturated heterocycles. The first kappa shape index (κ1) is 57.5. The summed E-state index contributed by atoms with van der Waals surface area (Å²) in [5.74, 6) is -0.193. The fraction of sp³-hybridized carbons (Fsp3) is 0.820. The molecule has 0 aliphatic heterocycles. The van der Waals surface area contributed by atoms with Crippen molar-refractivity contribution in [3.05, 3.63) is 48.6 Å². The van der Waals surface area contributed by atoms with E-state index in [0.717, 1.165) is 51.4 Å². The second-order valence-corrected chi connectivity index (χ2v) is 19.2. The third-order valence-corrected chi connectivity index (χ3v) is 11.7. The van der Waals surface area contributed by atoms with E-state index >= 15 is 0 Å². The van der Waals surface area contributed by atoms with Gasteiger partial charge in [0.1, 0.15) is 13.2 Å². The maximum Gasteiger partial charge on any atom is 0.472 e.